The lowest BCUT2D eigenvalue weighted by Crippen LogP contribution is -2.38. The highest BCUT2D eigenvalue weighted by molar-refractivity contribution is 7.90. The third-order valence-corrected chi connectivity index (χ3v) is 2.38. The number of hydrogen-bond acceptors (Lipinski definition) is 2. The van der Waals surface area contributed by atoms with E-state index in [4.69, 9.17) is 0 Å². The minimum Gasteiger partial charge on any atom is -0.593 e. The quantitative estimate of drug-likeness (QED) is 0.548. The van der Waals surface area contributed by atoms with Gasteiger partial charge in [-0.1, -0.05) is 0 Å². The van der Waals surface area contributed by atoms with Gasteiger partial charge >= 0.3 is 6.08 Å². The largest absolute Gasteiger partial charge is 0.593 e. The summed E-state index contributed by atoms with van der Waals surface area (Å²) in [5.41, 5.74) is 0. The van der Waals surface area contributed by atoms with Gasteiger partial charge in [-0.25, -0.2) is 0 Å². The third kappa shape index (κ3) is 3.87. The van der Waals surface area contributed by atoms with Crippen LogP contribution >= 0.6 is 0 Å². The Morgan fingerprint density at radius 2 is 1.67 bits per heavy atom. The van der Waals surface area contributed by atoms with E-state index in [9.17, 15) is 17.7 Å². The lowest BCUT2D eigenvalue weighted by molar-refractivity contribution is 0.369. The SMILES string of the molecule is CC(C)(C)[S@@+]([O-])NC(F)=C(F)F. The van der Waals surface area contributed by atoms with E-state index in [0.717, 1.165) is 0 Å². The molecular weight excluding hydrogens is 191 g/mol. The van der Waals surface area contributed by atoms with Crippen LogP contribution in [0.2, 0.25) is 0 Å². The Labute approximate surface area is 72.2 Å². The third-order valence-electron chi connectivity index (χ3n) is 0.904. The fourth-order valence-corrected chi connectivity index (χ4v) is 0.819. The summed E-state index contributed by atoms with van der Waals surface area (Å²) in [6.45, 7) is 4.62. The van der Waals surface area contributed by atoms with E-state index in [1.165, 1.54) is 0 Å². The molecule has 0 fully saturated rings. The molecule has 0 bridgehead atoms. The van der Waals surface area contributed by atoms with Crippen molar-refractivity contribution in [2.75, 3.05) is 0 Å². The van der Waals surface area contributed by atoms with Crippen LogP contribution in [0.15, 0.2) is 12.0 Å². The van der Waals surface area contributed by atoms with Crippen LogP contribution in [0, 0.1) is 0 Å². The average Bonchev–Trinajstić information content (AvgIpc) is 1.85. The molecule has 12 heavy (non-hydrogen) atoms. The molecule has 0 aliphatic heterocycles. The Balaban J connectivity index is 4.21. The first-order valence-corrected chi connectivity index (χ1v) is 4.29. The van der Waals surface area contributed by atoms with Crippen LogP contribution in [0.1, 0.15) is 20.8 Å². The molecule has 0 saturated heterocycles. The highest BCUT2D eigenvalue weighted by Gasteiger charge is 2.28. The molecule has 0 heterocycles. The van der Waals surface area contributed by atoms with Crippen molar-refractivity contribution in [3.05, 3.63) is 12.0 Å². The van der Waals surface area contributed by atoms with Crippen molar-refractivity contribution in [2.45, 2.75) is 25.5 Å². The van der Waals surface area contributed by atoms with Gasteiger partial charge in [0, 0.05) is 0 Å². The van der Waals surface area contributed by atoms with Crippen molar-refractivity contribution in [1.29, 1.82) is 0 Å². The molecule has 0 unspecified atom stereocenters. The zero-order chi connectivity index (χ0) is 9.94. The second kappa shape index (κ2) is 4.04. The summed E-state index contributed by atoms with van der Waals surface area (Å²) in [6.07, 6.45) is -2.49. The van der Waals surface area contributed by atoms with Gasteiger partial charge in [-0.2, -0.15) is 17.9 Å². The van der Waals surface area contributed by atoms with Crippen LogP contribution in [0.5, 0.6) is 0 Å². The average molecular weight is 201 g/mol. The second-order valence-electron chi connectivity index (χ2n) is 3.06. The molecule has 0 aromatic carbocycles. The molecule has 6 heteroatoms. The van der Waals surface area contributed by atoms with Gasteiger partial charge in [-0.05, 0) is 20.8 Å². The number of halogens is 3. The summed E-state index contributed by atoms with van der Waals surface area (Å²) in [5.74, 6) is -1.83. The molecule has 2 nitrogen and oxygen atoms in total. The Morgan fingerprint density at radius 3 is 1.92 bits per heavy atom. The maximum Gasteiger partial charge on any atom is 0.326 e. The first kappa shape index (κ1) is 11.6. The lowest BCUT2D eigenvalue weighted by Gasteiger charge is -2.22. The fourth-order valence-electron chi connectivity index (χ4n) is 0.273. The number of nitrogens with one attached hydrogen (secondary N) is 1. The van der Waals surface area contributed by atoms with Gasteiger partial charge < -0.3 is 4.55 Å². The summed E-state index contributed by atoms with van der Waals surface area (Å²) < 4.78 is 46.9. The van der Waals surface area contributed by atoms with Gasteiger partial charge in [0.2, 0.25) is 0 Å². The highest BCUT2D eigenvalue weighted by Crippen LogP contribution is 2.16. The van der Waals surface area contributed by atoms with Crippen molar-refractivity contribution in [2.24, 2.45) is 0 Å². The van der Waals surface area contributed by atoms with Gasteiger partial charge in [-0.15, -0.1) is 0 Å². The van der Waals surface area contributed by atoms with E-state index >= 15 is 0 Å². The van der Waals surface area contributed by atoms with Crippen molar-refractivity contribution in [1.82, 2.24) is 4.72 Å². The Bertz CT molecular complexity index is 186. The van der Waals surface area contributed by atoms with Gasteiger partial charge in [0.1, 0.15) is 4.75 Å². The molecule has 0 rings (SSSR count). The van der Waals surface area contributed by atoms with Gasteiger partial charge in [0.05, 0.1) is 11.4 Å². The second-order valence-corrected chi connectivity index (χ2v) is 5.02. The molecule has 1 N–H and O–H groups in total. The van der Waals surface area contributed by atoms with E-state index in [2.05, 4.69) is 0 Å². The predicted molar refractivity (Wildman–Crippen MR) is 41.4 cm³/mol. The van der Waals surface area contributed by atoms with Crippen LogP contribution in [-0.4, -0.2) is 9.30 Å². The highest BCUT2D eigenvalue weighted by atomic mass is 32.2. The van der Waals surface area contributed by atoms with Crippen LogP contribution in [0.3, 0.4) is 0 Å². The molecule has 0 spiro atoms. The number of rotatable bonds is 2. The molecule has 0 radical (unpaired) electrons. The number of hydrogen-bond donors (Lipinski definition) is 1. The molecule has 0 aromatic heterocycles. The van der Waals surface area contributed by atoms with Crippen LogP contribution in [-0.2, 0) is 11.4 Å². The zero-order valence-electron chi connectivity index (χ0n) is 6.95. The van der Waals surface area contributed by atoms with Crippen LogP contribution < -0.4 is 4.72 Å². The van der Waals surface area contributed by atoms with Crippen LogP contribution in [0.25, 0.3) is 0 Å². The molecular formula is C6H10F3NOS. The summed E-state index contributed by atoms with van der Waals surface area (Å²) in [6, 6.07) is 0. The smallest absolute Gasteiger partial charge is 0.326 e. The van der Waals surface area contributed by atoms with E-state index in [-0.39, 0.29) is 0 Å². The van der Waals surface area contributed by atoms with Crippen LogP contribution in [0.4, 0.5) is 13.2 Å². The summed E-state index contributed by atoms with van der Waals surface area (Å²) in [5, 5.41) is 0. The standard InChI is InChI=1S/C6H10F3NOS/c1-6(2,3)12(11)10-5(9)4(7)8/h10H,1-3H3/t12-/m1/s1. The first-order chi connectivity index (χ1) is 5.25. The Morgan fingerprint density at radius 1 is 1.25 bits per heavy atom. The maximum atomic E-state index is 12.1. The molecule has 72 valence electrons. The Kier molecular flexibility index (Phi) is 3.92. The van der Waals surface area contributed by atoms with Gasteiger partial charge in [0.25, 0.3) is 5.95 Å². The van der Waals surface area contributed by atoms with Gasteiger partial charge in [-0.3, -0.25) is 0 Å². The molecule has 1 atom stereocenters. The molecule has 0 saturated carbocycles. The molecule has 0 amide bonds. The Hall–Kier alpha value is -0.360. The van der Waals surface area contributed by atoms with E-state index < -0.39 is 28.1 Å². The van der Waals surface area contributed by atoms with E-state index in [0.29, 0.717) is 0 Å². The van der Waals surface area contributed by atoms with Crippen molar-refractivity contribution in [3.8, 4) is 0 Å². The summed E-state index contributed by atoms with van der Waals surface area (Å²) in [7, 11) is 0. The molecule has 0 aliphatic rings. The minimum absolute atomic E-state index is 0.771. The minimum atomic E-state index is -2.49. The predicted octanol–water partition coefficient (Wildman–Crippen LogP) is 2.07. The fraction of sp³-hybridized carbons (Fsp3) is 0.667. The summed E-state index contributed by atoms with van der Waals surface area (Å²) >= 11 is -1.85. The monoisotopic (exact) mass is 201 g/mol. The van der Waals surface area contributed by atoms with Gasteiger partial charge in [0.15, 0.2) is 0 Å². The van der Waals surface area contributed by atoms with Crippen molar-refractivity contribution >= 4 is 11.4 Å². The summed E-state index contributed by atoms with van der Waals surface area (Å²) in [4.78, 5) is 0. The first-order valence-electron chi connectivity index (χ1n) is 3.14. The van der Waals surface area contributed by atoms with Crippen molar-refractivity contribution < 1.29 is 17.7 Å². The van der Waals surface area contributed by atoms with E-state index in [1.807, 2.05) is 0 Å². The molecule has 0 aromatic rings. The topological polar surface area (TPSA) is 35.1 Å². The molecule has 0 aliphatic carbocycles. The zero-order valence-corrected chi connectivity index (χ0v) is 7.77. The lowest BCUT2D eigenvalue weighted by atomic mass is 10.3. The normalized spacial score (nSPS) is 13.9. The van der Waals surface area contributed by atoms with Crippen molar-refractivity contribution in [3.63, 3.8) is 0 Å². The van der Waals surface area contributed by atoms with E-state index in [1.54, 1.807) is 25.5 Å². The maximum absolute atomic E-state index is 12.1.